The van der Waals surface area contributed by atoms with Crippen molar-refractivity contribution in [3.63, 3.8) is 0 Å². The molecule has 0 unspecified atom stereocenters. The van der Waals surface area contributed by atoms with E-state index in [-0.39, 0.29) is 95.1 Å². The number of rotatable bonds is 0. The molecule has 0 fully saturated rings. The van der Waals surface area contributed by atoms with E-state index in [0.29, 0.717) is 0 Å². The molecule has 0 saturated carbocycles. The molecule has 0 aromatic rings. The van der Waals surface area contributed by atoms with E-state index in [4.69, 9.17) is 0 Å². The maximum Gasteiger partial charge on any atom is 3.00 e. The number of hydrogen-bond donors (Lipinski definition) is 0. The Hall–Kier alpha value is 2.21. The Kier molecular flexibility index (Phi) is 2080. The molecule has 10 heavy (non-hydrogen) atoms. The van der Waals surface area contributed by atoms with Gasteiger partial charge in [0.25, 0.3) is 0 Å². The first-order chi connectivity index (χ1) is 2.00. The zero-order valence-electron chi connectivity index (χ0n) is 8.15. The third-order valence-corrected chi connectivity index (χ3v) is 0. The second kappa shape index (κ2) is 240. The first-order valence-corrected chi connectivity index (χ1v) is 2.00. The molecule has 0 aliphatic carbocycles. The molecule has 0 aliphatic rings. The van der Waals surface area contributed by atoms with Crippen LogP contribution < -0.4 is 0 Å². The fraction of sp³-hybridized carbons (Fsp3) is 0.625. The third kappa shape index (κ3) is 178. The molecule has 2 heteroatoms. The maximum absolute atomic E-state index is 2.00. The summed E-state index contributed by atoms with van der Waals surface area (Å²) >= 11 is 0. The summed E-state index contributed by atoms with van der Waals surface area (Å²) in [7, 11) is 0. The Bertz CT molecular complexity index is 7.22. The van der Waals surface area contributed by atoms with E-state index in [9.17, 15) is 0 Å². The number of hydrogen-bond acceptors (Lipinski definition) is 0. The van der Waals surface area contributed by atoms with E-state index in [0.717, 1.165) is 0 Å². The summed E-state index contributed by atoms with van der Waals surface area (Å²) < 4.78 is 0. The third-order valence-electron chi connectivity index (χ3n) is 0. The second-order valence-corrected chi connectivity index (χ2v) is 0. The SMILES string of the molecule is C.CC.CC.[CH3-].[CH3-].[CH3-].[Y+3].[Y]. The van der Waals surface area contributed by atoms with Gasteiger partial charge >= 0.3 is 32.7 Å². The summed E-state index contributed by atoms with van der Waals surface area (Å²) in [6, 6.07) is 0. The Morgan fingerprint density at radius 1 is 0.600 bits per heavy atom. The first-order valence-electron chi connectivity index (χ1n) is 2.00. The van der Waals surface area contributed by atoms with Crippen molar-refractivity contribution in [1.29, 1.82) is 0 Å². The van der Waals surface area contributed by atoms with Crippen LogP contribution in [0.25, 0.3) is 0 Å². The van der Waals surface area contributed by atoms with Crippen LogP contribution in [-0.2, 0) is 65.4 Å². The Morgan fingerprint density at radius 3 is 0.600 bits per heavy atom. The summed E-state index contributed by atoms with van der Waals surface area (Å²) in [5, 5.41) is 0. The van der Waals surface area contributed by atoms with Crippen molar-refractivity contribution >= 4 is 0 Å². The van der Waals surface area contributed by atoms with Crippen LogP contribution in [0.5, 0.6) is 0 Å². The van der Waals surface area contributed by atoms with Gasteiger partial charge < -0.3 is 22.3 Å². The minimum atomic E-state index is 0. The predicted octanol–water partition coefficient (Wildman–Crippen LogP) is 4.03. The van der Waals surface area contributed by atoms with Crippen LogP contribution in [-0.4, -0.2) is 0 Å². The van der Waals surface area contributed by atoms with Crippen molar-refractivity contribution in [2.45, 2.75) is 35.1 Å². The molecule has 0 aromatic carbocycles. The van der Waals surface area contributed by atoms with E-state index in [1.807, 2.05) is 27.7 Å². The van der Waals surface area contributed by atoms with Crippen LogP contribution >= 0.6 is 0 Å². The largest absolute Gasteiger partial charge is 3.00 e. The molecule has 0 spiro atoms. The fourth-order valence-corrected chi connectivity index (χ4v) is 0. The molecule has 0 heterocycles. The minimum Gasteiger partial charge on any atom is -0.358 e. The van der Waals surface area contributed by atoms with Crippen molar-refractivity contribution in [2.75, 3.05) is 0 Å². The van der Waals surface area contributed by atoms with Crippen LogP contribution in [0.15, 0.2) is 0 Å². The molecule has 0 amide bonds. The summed E-state index contributed by atoms with van der Waals surface area (Å²) in [4.78, 5) is 0. The zero-order valence-corrected chi connectivity index (χ0v) is 13.8. The average molecular weight is 299 g/mol. The van der Waals surface area contributed by atoms with Gasteiger partial charge in [-0.15, -0.1) is 0 Å². The summed E-state index contributed by atoms with van der Waals surface area (Å²) in [5.41, 5.74) is 0. The molecule has 0 aliphatic heterocycles. The zero-order chi connectivity index (χ0) is 4.00. The molecule has 0 aromatic heterocycles. The molecule has 0 nitrogen and oxygen atoms in total. The quantitative estimate of drug-likeness (QED) is 0.592. The van der Waals surface area contributed by atoms with E-state index in [2.05, 4.69) is 0 Å². The van der Waals surface area contributed by atoms with Crippen molar-refractivity contribution in [2.24, 2.45) is 0 Å². The predicted molar refractivity (Wildman–Crippen MR) is 48.7 cm³/mol. The fourth-order valence-electron chi connectivity index (χ4n) is 0. The molecule has 0 rings (SSSR count). The van der Waals surface area contributed by atoms with Crippen LogP contribution in [0.3, 0.4) is 0 Å². The Balaban J connectivity index is -0.000000000833. The van der Waals surface area contributed by atoms with Gasteiger partial charge in [-0.25, -0.2) is 0 Å². The van der Waals surface area contributed by atoms with Crippen LogP contribution in [0.1, 0.15) is 35.1 Å². The van der Waals surface area contributed by atoms with Crippen LogP contribution in [0.4, 0.5) is 0 Å². The van der Waals surface area contributed by atoms with E-state index in [1.165, 1.54) is 0 Å². The van der Waals surface area contributed by atoms with Gasteiger partial charge in [-0.3, -0.25) is 0 Å². The summed E-state index contributed by atoms with van der Waals surface area (Å²) in [6.45, 7) is 8.00. The van der Waals surface area contributed by atoms with Crippen molar-refractivity contribution < 1.29 is 65.4 Å². The average Bonchev–Trinajstić information content (AvgIpc) is 1.50. The van der Waals surface area contributed by atoms with Gasteiger partial charge in [0, 0.05) is 32.7 Å². The smallest absolute Gasteiger partial charge is 0.358 e. The molecule has 63 valence electrons. The molecular weight excluding hydrogens is 274 g/mol. The minimum absolute atomic E-state index is 0. The molecule has 0 N–H and O–H groups in total. The normalized spacial score (nSPS) is 1.20. The summed E-state index contributed by atoms with van der Waals surface area (Å²) in [5.74, 6) is 0. The van der Waals surface area contributed by atoms with Crippen molar-refractivity contribution in [3.8, 4) is 0 Å². The van der Waals surface area contributed by atoms with Gasteiger partial charge in [-0.2, -0.15) is 0 Å². The van der Waals surface area contributed by atoms with E-state index in [1.54, 1.807) is 0 Å². The Morgan fingerprint density at radius 2 is 0.600 bits per heavy atom. The van der Waals surface area contributed by atoms with E-state index < -0.39 is 0 Å². The standard InChI is InChI=1S/2C2H6.CH4.3CH3.2Y/c2*1-2;;;;;;/h2*1-2H3;1H4;3*1H3;;/q;;;3*-1;;+3. The summed E-state index contributed by atoms with van der Waals surface area (Å²) in [6.07, 6.45) is 0. The maximum atomic E-state index is 2.00. The van der Waals surface area contributed by atoms with Gasteiger partial charge in [0.1, 0.15) is 0 Å². The van der Waals surface area contributed by atoms with Crippen LogP contribution in [0.2, 0.25) is 0 Å². The topological polar surface area (TPSA) is 0 Å². The molecular formula is C8H25Y2. The van der Waals surface area contributed by atoms with Gasteiger partial charge in [0.05, 0.1) is 0 Å². The Labute approximate surface area is 121 Å². The van der Waals surface area contributed by atoms with Gasteiger partial charge in [0.2, 0.25) is 0 Å². The van der Waals surface area contributed by atoms with Gasteiger partial charge in [-0.1, -0.05) is 35.1 Å². The van der Waals surface area contributed by atoms with Gasteiger partial charge in [-0.05, 0) is 0 Å². The van der Waals surface area contributed by atoms with Crippen molar-refractivity contribution in [3.05, 3.63) is 22.3 Å². The molecule has 1 radical (unpaired) electrons. The monoisotopic (exact) mass is 299 g/mol. The van der Waals surface area contributed by atoms with Gasteiger partial charge in [0.15, 0.2) is 0 Å². The molecule has 0 saturated heterocycles. The first kappa shape index (κ1) is 86.6. The molecule has 0 bridgehead atoms. The molecule has 0 atom stereocenters. The van der Waals surface area contributed by atoms with E-state index >= 15 is 0 Å². The van der Waals surface area contributed by atoms with Crippen molar-refractivity contribution in [1.82, 2.24) is 0 Å². The second-order valence-electron chi connectivity index (χ2n) is 0. The van der Waals surface area contributed by atoms with Crippen LogP contribution in [0, 0.1) is 22.3 Å².